The lowest BCUT2D eigenvalue weighted by Gasteiger charge is -2.20. The molecule has 0 fully saturated rings. The summed E-state index contributed by atoms with van der Waals surface area (Å²) in [6, 6.07) is 0. The Morgan fingerprint density at radius 1 is 1.50 bits per heavy atom. The van der Waals surface area contributed by atoms with Crippen LogP contribution in [0.5, 0.6) is 0 Å². The molecule has 0 aliphatic heterocycles. The topological polar surface area (TPSA) is 26.3 Å². The van der Waals surface area contributed by atoms with Gasteiger partial charge in [0.05, 0.1) is 6.10 Å². The first-order chi connectivity index (χ1) is 5.58. The number of ether oxygens (including phenoxy) is 1. The van der Waals surface area contributed by atoms with E-state index in [0.29, 0.717) is 12.3 Å². The Morgan fingerprint density at radius 2 is 2.17 bits per heavy atom. The van der Waals surface area contributed by atoms with Crippen LogP contribution in [0, 0.1) is 5.92 Å². The smallest absolute Gasteiger partial charge is 0.159 e. The zero-order valence-electron chi connectivity index (χ0n) is 7.96. The molecule has 0 heterocycles. The van der Waals surface area contributed by atoms with E-state index in [1.165, 1.54) is 0 Å². The summed E-state index contributed by atoms with van der Waals surface area (Å²) in [5.74, 6) is 1.49. The van der Waals surface area contributed by atoms with Crippen LogP contribution in [-0.2, 0) is 9.53 Å². The molecule has 0 bridgehead atoms. The maximum Gasteiger partial charge on any atom is 0.159 e. The van der Waals surface area contributed by atoms with Crippen molar-refractivity contribution >= 4 is 5.78 Å². The van der Waals surface area contributed by atoms with E-state index in [4.69, 9.17) is 4.74 Å². The molecule has 0 aromatic heterocycles. The second-order valence-corrected chi connectivity index (χ2v) is 3.76. The fourth-order valence-electron chi connectivity index (χ4n) is 1.44. The van der Waals surface area contributed by atoms with Crippen molar-refractivity contribution in [1.29, 1.82) is 0 Å². The summed E-state index contributed by atoms with van der Waals surface area (Å²) in [6.07, 6.45) is 3.39. The fourth-order valence-corrected chi connectivity index (χ4v) is 1.44. The summed E-state index contributed by atoms with van der Waals surface area (Å²) in [5, 5.41) is 0. The van der Waals surface area contributed by atoms with Gasteiger partial charge in [0.1, 0.15) is 5.76 Å². The monoisotopic (exact) mass is 168 g/mol. The minimum Gasteiger partial charge on any atom is -0.495 e. The Labute approximate surface area is 73.6 Å². The highest BCUT2D eigenvalue weighted by atomic mass is 16.5. The molecule has 1 aliphatic rings. The molecule has 0 radical (unpaired) electrons. The normalized spacial score (nSPS) is 24.2. The van der Waals surface area contributed by atoms with E-state index in [2.05, 4.69) is 6.92 Å². The van der Waals surface area contributed by atoms with Crippen LogP contribution in [0.3, 0.4) is 0 Å². The summed E-state index contributed by atoms with van der Waals surface area (Å²) in [7, 11) is 0. The lowest BCUT2D eigenvalue weighted by molar-refractivity contribution is -0.116. The molecule has 0 saturated carbocycles. The number of ketones is 1. The van der Waals surface area contributed by atoms with Gasteiger partial charge in [0.25, 0.3) is 0 Å². The van der Waals surface area contributed by atoms with Crippen molar-refractivity contribution in [2.24, 2.45) is 5.92 Å². The van der Waals surface area contributed by atoms with Gasteiger partial charge in [-0.3, -0.25) is 4.79 Å². The first-order valence-electron chi connectivity index (χ1n) is 4.48. The summed E-state index contributed by atoms with van der Waals surface area (Å²) < 4.78 is 5.47. The molecule has 1 aliphatic carbocycles. The fraction of sp³-hybridized carbons (Fsp3) is 0.700. The maximum absolute atomic E-state index is 11.1. The van der Waals surface area contributed by atoms with Gasteiger partial charge in [-0.2, -0.15) is 0 Å². The second kappa shape index (κ2) is 3.74. The third kappa shape index (κ3) is 2.68. The lowest BCUT2D eigenvalue weighted by atomic mass is 9.94. The van der Waals surface area contributed by atoms with E-state index in [1.807, 2.05) is 13.8 Å². The van der Waals surface area contributed by atoms with E-state index in [0.717, 1.165) is 12.2 Å². The summed E-state index contributed by atoms with van der Waals surface area (Å²) >= 11 is 0. The molecule has 68 valence electrons. The molecule has 2 heteroatoms. The molecule has 0 amide bonds. The predicted octanol–water partition coefficient (Wildman–Crippen LogP) is 2.29. The lowest BCUT2D eigenvalue weighted by Crippen LogP contribution is -2.15. The number of carbonyl (C=O) groups excluding carboxylic acids is 1. The Hall–Kier alpha value is -0.790. The number of allylic oxidation sites excluding steroid dienone is 2. The van der Waals surface area contributed by atoms with Crippen molar-refractivity contribution in [3.63, 3.8) is 0 Å². The average molecular weight is 168 g/mol. The van der Waals surface area contributed by atoms with Gasteiger partial charge in [0.15, 0.2) is 5.78 Å². The molecule has 0 aromatic carbocycles. The molecular weight excluding hydrogens is 152 g/mol. The summed E-state index contributed by atoms with van der Waals surface area (Å²) in [4.78, 5) is 11.1. The number of carbonyl (C=O) groups is 1. The van der Waals surface area contributed by atoms with Crippen LogP contribution in [0.2, 0.25) is 0 Å². The highest BCUT2D eigenvalue weighted by Crippen LogP contribution is 2.22. The van der Waals surface area contributed by atoms with Crippen molar-refractivity contribution < 1.29 is 9.53 Å². The molecule has 0 saturated heterocycles. The van der Waals surface area contributed by atoms with Gasteiger partial charge >= 0.3 is 0 Å². The van der Waals surface area contributed by atoms with E-state index in [9.17, 15) is 4.79 Å². The third-order valence-corrected chi connectivity index (χ3v) is 1.81. The molecule has 0 N–H and O–H groups in total. The molecule has 0 unspecified atom stereocenters. The molecule has 1 rings (SSSR count). The Kier molecular flexibility index (Phi) is 2.90. The molecule has 12 heavy (non-hydrogen) atoms. The molecule has 0 spiro atoms. The molecular formula is C10H16O2. The summed E-state index contributed by atoms with van der Waals surface area (Å²) in [6.45, 7) is 6.03. The quantitative estimate of drug-likeness (QED) is 0.632. The van der Waals surface area contributed by atoms with Gasteiger partial charge in [-0.05, 0) is 19.8 Å². The van der Waals surface area contributed by atoms with Crippen LogP contribution in [0.25, 0.3) is 0 Å². The van der Waals surface area contributed by atoms with Gasteiger partial charge in [0.2, 0.25) is 0 Å². The Balaban J connectivity index is 2.58. The third-order valence-electron chi connectivity index (χ3n) is 1.81. The predicted molar refractivity (Wildman–Crippen MR) is 47.7 cm³/mol. The van der Waals surface area contributed by atoms with E-state index in [1.54, 1.807) is 6.08 Å². The second-order valence-electron chi connectivity index (χ2n) is 3.76. The highest BCUT2D eigenvalue weighted by Gasteiger charge is 2.18. The number of hydrogen-bond acceptors (Lipinski definition) is 2. The summed E-state index contributed by atoms with van der Waals surface area (Å²) in [5.41, 5.74) is 0. The first kappa shape index (κ1) is 9.30. The van der Waals surface area contributed by atoms with E-state index < -0.39 is 0 Å². The van der Waals surface area contributed by atoms with Crippen molar-refractivity contribution in [2.75, 3.05) is 0 Å². The van der Waals surface area contributed by atoms with Gasteiger partial charge < -0.3 is 4.74 Å². The van der Waals surface area contributed by atoms with Crippen LogP contribution < -0.4 is 0 Å². The van der Waals surface area contributed by atoms with Crippen molar-refractivity contribution in [3.05, 3.63) is 11.8 Å². The highest BCUT2D eigenvalue weighted by molar-refractivity contribution is 5.91. The van der Waals surface area contributed by atoms with Crippen molar-refractivity contribution in [1.82, 2.24) is 0 Å². The Morgan fingerprint density at radius 3 is 2.67 bits per heavy atom. The number of rotatable bonds is 2. The Bertz CT molecular complexity index is 204. The largest absolute Gasteiger partial charge is 0.495 e. The zero-order chi connectivity index (χ0) is 9.14. The van der Waals surface area contributed by atoms with E-state index in [-0.39, 0.29) is 11.9 Å². The SMILES string of the molecule is CC(C)OC1=CC(=O)C[C@@H](C)C1. The standard InChI is InChI=1S/C10H16O2/c1-7(2)12-10-5-8(3)4-9(11)6-10/h6-8H,4-5H2,1-3H3/t8-/m1/s1. The van der Waals surface area contributed by atoms with Crippen LogP contribution in [-0.4, -0.2) is 11.9 Å². The van der Waals surface area contributed by atoms with Gasteiger partial charge in [0, 0.05) is 18.9 Å². The van der Waals surface area contributed by atoms with Crippen LogP contribution in [0.15, 0.2) is 11.8 Å². The van der Waals surface area contributed by atoms with Crippen LogP contribution >= 0.6 is 0 Å². The van der Waals surface area contributed by atoms with E-state index >= 15 is 0 Å². The van der Waals surface area contributed by atoms with Crippen LogP contribution in [0.1, 0.15) is 33.6 Å². The zero-order valence-corrected chi connectivity index (χ0v) is 7.96. The van der Waals surface area contributed by atoms with Gasteiger partial charge in [-0.1, -0.05) is 6.92 Å². The van der Waals surface area contributed by atoms with Crippen molar-refractivity contribution in [3.8, 4) is 0 Å². The molecule has 2 nitrogen and oxygen atoms in total. The molecule has 0 aromatic rings. The maximum atomic E-state index is 11.1. The minimum atomic E-state index is 0.175. The molecule has 1 atom stereocenters. The van der Waals surface area contributed by atoms with Crippen molar-refractivity contribution in [2.45, 2.75) is 39.7 Å². The first-order valence-corrected chi connectivity index (χ1v) is 4.48. The van der Waals surface area contributed by atoms with Crippen LogP contribution in [0.4, 0.5) is 0 Å². The minimum absolute atomic E-state index is 0.175. The average Bonchev–Trinajstić information content (AvgIpc) is 1.81. The van der Waals surface area contributed by atoms with Gasteiger partial charge in [-0.25, -0.2) is 0 Å². The number of hydrogen-bond donors (Lipinski definition) is 0. The van der Waals surface area contributed by atoms with Gasteiger partial charge in [-0.15, -0.1) is 0 Å².